The maximum atomic E-state index is 11.4. The highest BCUT2D eigenvalue weighted by molar-refractivity contribution is 6.34. The van der Waals surface area contributed by atoms with Gasteiger partial charge in [0.1, 0.15) is 0 Å². The van der Waals surface area contributed by atoms with Crippen LogP contribution in [0.5, 0.6) is 0 Å². The lowest BCUT2D eigenvalue weighted by Crippen LogP contribution is -2.21. The molecule has 1 unspecified atom stereocenters. The van der Waals surface area contributed by atoms with Crippen molar-refractivity contribution < 1.29 is 4.79 Å². The molecule has 0 radical (unpaired) electrons. The summed E-state index contributed by atoms with van der Waals surface area (Å²) in [6.45, 7) is 2.08. The third kappa shape index (κ3) is 3.07. The summed E-state index contributed by atoms with van der Waals surface area (Å²) < 4.78 is 0. The molecule has 0 aliphatic heterocycles. The SMILES string of the molecule is CC(CC1CC1)Nc1c(Cl)cc(N)cc1C(N)=O. The van der Waals surface area contributed by atoms with Crippen molar-refractivity contribution in [2.24, 2.45) is 11.7 Å². The molecule has 1 fully saturated rings. The standard InChI is InChI=1S/C13H18ClN3O/c1-7(4-8-2-3-8)17-12-10(13(16)18)5-9(15)6-11(12)14/h5-8,17H,2-4,15H2,1H3,(H2,16,18). The topological polar surface area (TPSA) is 81.1 Å². The number of carbonyl (C=O) groups excluding carboxylic acids is 1. The van der Waals surface area contributed by atoms with Crippen molar-refractivity contribution in [1.29, 1.82) is 0 Å². The Bertz CT molecular complexity index is 472. The maximum Gasteiger partial charge on any atom is 0.250 e. The van der Waals surface area contributed by atoms with Crippen molar-refractivity contribution in [3.8, 4) is 0 Å². The van der Waals surface area contributed by atoms with Crippen LogP contribution >= 0.6 is 11.6 Å². The fourth-order valence-corrected chi connectivity index (χ4v) is 2.41. The Labute approximate surface area is 112 Å². The number of halogens is 1. The molecule has 1 aromatic carbocycles. The summed E-state index contributed by atoms with van der Waals surface area (Å²) in [5, 5.41) is 3.71. The van der Waals surface area contributed by atoms with Crippen LogP contribution in [-0.2, 0) is 0 Å². The van der Waals surface area contributed by atoms with Gasteiger partial charge in [0, 0.05) is 11.7 Å². The second kappa shape index (κ2) is 5.06. The van der Waals surface area contributed by atoms with Crippen LogP contribution in [0.15, 0.2) is 12.1 Å². The third-order valence-electron chi connectivity index (χ3n) is 3.15. The quantitative estimate of drug-likeness (QED) is 0.718. The lowest BCUT2D eigenvalue weighted by Gasteiger charge is -2.18. The minimum atomic E-state index is -0.523. The molecule has 5 N–H and O–H groups in total. The van der Waals surface area contributed by atoms with E-state index in [0.717, 1.165) is 12.3 Å². The van der Waals surface area contributed by atoms with Gasteiger partial charge in [0.25, 0.3) is 5.91 Å². The Kier molecular flexibility index (Phi) is 3.66. The van der Waals surface area contributed by atoms with Gasteiger partial charge < -0.3 is 16.8 Å². The molecule has 4 nitrogen and oxygen atoms in total. The first-order valence-corrected chi connectivity index (χ1v) is 6.50. The van der Waals surface area contributed by atoms with E-state index < -0.39 is 5.91 Å². The fourth-order valence-electron chi connectivity index (χ4n) is 2.13. The summed E-state index contributed by atoms with van der Waals surface area (Å²) in [7, 11) is 0. The van der Waals surface area contributed by atoms with Gasteiger partial charge in [0.05, 0.1) is 16.3 Å². The fraction of sp³-hybridized carbons (Fsp3) is 0.462. The number of nitrogen functional groups attached to an aromatic ring is 1. The molecule has 0 aromatic heterocycles. The van der Waals surface area contributed by atoms with Crippen molar-refractivity contribution in [3.05, 3.63) is 22.7 Å². The van der Waals surface area contributed by atoms with Crippen LogP contribution in [-0.4, -0.2) is 11.9 Å². The number of primary amides is 1. The minimum Gasteiger partial charge on any atom is -0.399 e. The number of rotatable bonds is 5. The first kappa shape index (κ1) is 13.0. The highest BCUT2D eigenvalue weighted by Crippen LogP contribution is 2.35. The Balaban J connectivity index is 2.21. The summed E-state index contributed by atoms with van der Waals surface area (Å²) in [5.41, 5.74) is 12.4. The Morgan fingerprint density at radius 3 is 2.78 bits per heavy atom. The third-order valence-corrected chi connectivity index (χ3v) is 3.45. The van der Waals surface area contributed by atoms with Gasteiger partial charge in [-0.2, -0.15) is 0 Å². The molecular formula is C13H18ClN3O. The van der Waals surface area contributed by atoms with Crippen LogP contribution in [0.1, 0.15) is 36.5 Å². The Hall–Kier alpha value is -1.42. The summed E-state index contributed by atoms with van der Waals surface area (Å²) in [6.07, 6.45) is 3.67. The molecule has 1 aromatic rings. The first-order valence-electron chi connectivity index (χ1n) is 6.12. The van der Waals surface area contributed by atoms with Gasteiger partial charge in [-0.25, -0.2) is 0 Å². The molecule has 0 bridgehead atoms. The predicted octanol–water partition coefficient (Wildman–Crippen LogP) is 2.62. The zero-order valence-corrected chi connectivity index (χ0v) is 11.1. The zero-order valence-electron chi connectivity index (χ0n) is 10.4. The van der Waals surface area contributed by atoms with E-state index in [2.05, 4.69) is 12.2 Å². The number of carbonyl (C=O) groups is 1. The largest absolute Gasteiger partial charge is 0.399 e. The van der Waals surface area contributed by atoms with Crippen molar-refractivity contribution in [3.63, 3.8) is 0 Å². The molecule has 18 heavy (non-hydrogen) atoms. The summed E-state index contributed by atoms with van der Waals surface area (Å²) in [5.74, 6) is 0.280. The van der Waals surface area contributed by atoms with Gasteiger partial charge in [-0.3, -0.25) is 4.79 Å². The predicted molar refractivity (Wildman–Crippen MR) is 74.8 cm³/mol. The lowest BCUT2D eigenvalue weighted by molar-refractivity contribution is 0.100. The zero-order chi connectivity index (χ0) is 13.3. The average Bonchev–Trinajstić information content (AvgIpc) is 3.05. The summed E-state index contributed by atoms with van der Waals surface area (Å²) in [4.78, 5) is 11.4. The molecule has 1 saturated carbocycles. The molecule has 1 aliphatic carbocycles. The number of anilines is 2. The van der Waals surface area contributed by atoms with E-state index in [9.17, 15) is 4.79 Å². The second-order valence-corrected chi connectivity index (χ2v) is 5.42. The number of nitrogens with one attached hydrogen (secondary N) is 1. The molecule has 5 heteroatoms. The van der Waals surface area contributed by atoms with Crippen molar-refractivity contribution in [2.75, 3.05) is 11.1 Å². The number of nitrogens with two attached hydrogens (primary N) is 2. The minimum absolute atomic E-state index is 0.261. The molecule has 1 amide bonds. The van der Waals surface area contributed by atoms with Crippen molar-refractivity contribution >= 4 is 28.9 Å². The molecule has 98 valence electrons. The highest BCUT2D eigenvalue weighted by atomic mass is 35.5. The summed E-state index contributed by atoms with van der Waals surface area (Å²) >= 11 is 6.12. The van der Waals surface area contributed by atoms with Crippen LogP contribution in [0, 0.1) is 5.92 Å². The van der Waals surface area contributed by atoms with E-state index >= 15 is 0 Å². The van der Waals surface area contributed by atoms with Crippen LogP contribution in [0.25, 0.3) is 0 Å². The molecular weight excluding hydrogens is 250 g/mol. The van der Waals surface area contributed by atoms with Gasteiger partial charge >= 0.3 is 0 Å². The Morgan fingerprint density at radius 1 is 1.56 bits per heavy atom. The van der Waals surface area contributed by atoms with Gasteiger partial charge in [-0.15, -0.1) is 0 Å². The van der Waals surface area contributed by atoms with E-state index in [1.54, 1.807) is 12.1 Å². The van der Waals surface area contributed by atoms with Crippen LogP contribution in [0.4, 0.5) is 11.4 Å². The normalized spacial score (nSPS) is 16.3. The van der Waals surface area contributed by atoms with Gasteiger partial charge in [-0.05, 0) is 31.4 Å². The van der Waals surface area contributed by atoms with E-state index in [-0.39, 0.29) is 6.04 Å². The number of hydrogen-bond acceptors (Lipinski definition) is 3. The van der Waals surface area contributed by atoms with E-state index in [1.807, 2.05) is 0 Å². The Morgan fingerprint density at radius 2 is 2.22 bits per heavy atom. The number of hydrogen-bond donors (Lipinski definition) is 3. The highest BCUT2D eigenvalue weighted by Gasteiger charge is 2.24. The molecule has 1 atom stereocenters. The maximum absolute atomic E-state index is 11.4. The molecule has 2 rings (SSSR count). The van der Waals surface area contributed by atoms with E-state index in [1.165, 1.54) is 12.8 Å². The molecule has 1 aliphatic rings. The number of amides is 1. The van der Waals surface area contributed by atoms with E-state index in [4.69, 9.17) is 23.1 Å². The van der Waals surface area contributed by atoms with E-state index in [0.29, 0.717) is 22.0 Å². The average molecular weight is 268 g/mol. The first-order chi connectivity index (χ1) is 8.47. The molecule has 0 heterocycles. The van der Waals surface area contributed by atoms with Crippen LogP contribution in [0.3, 0.4) is 0 Å². The van der Waals surface area contributed by atoms with Gasteiger partial charge in [-0.1, -0.05) is 24.4 Å². The van der Waals surface area contributed by atoms with Crippen LogP contribution < -0.4 is 16.8 Å². The van der Waals surface area contributed by atoms with Gasteiger partial charge in [0.15, 0.2) is 0 Å². The van der Waals surface area contributed by atoms with Crippen molar-refractivity contribution in [1.82, 2.24) is 0 Å². The monoisotopic (exact) mass is 267 g/mol. The number of benzene rings is 1. The molecule has 0 spiro atoms. The summed E-state index contributed by atoms with van der Waals surface area (Å²) in [6, 6.07) is 3.44. The van der Waals surface area contributed by atoms with Crippen LogP contribution in [0.2, 0.25) is 5.02 Å². The van der Waals surface area contributed by atoms with Gasteiger partial charge in [0.2, 0.25) is 0 Å². The second-order valence-electron chi connectivity index (χ2n) is 5.01. The molecule has 0 saturated heterocycles. The smallest absolute Gasteiger partial charge is 0.250 e. The lowest BCUT2D eigenvalue weighted by atomic mass is 10.1. The van der Waals surface area contributed by atoms with Crippen molar-refractivity contribution in [2.45, 2.75) is 32.2 Å².